The van der Waals surface area contributed by atoms with Crippen LogP contribution in [-0.4, -0.2) is 101 Å². The SMILES string of the molecule is CCc1ccc(C(=O)N(C[C@@H]2CNC[C@H]2CN(C)C(=O)O[C@H]2CCOC2)C(C)C)cc1OCCCOC. The van der Waals surface area contributed by atoms with Gasteiger partial charge in [-0.1, -0.05) is 13.0 Å². The van der Waals surface area contributed by atoms with Crippen molar-refractivity contribution in [2.45, 2.75) is 52.2 Å². The predicted octanol–water partition coefficient (Wildman–Crippen LogP) is 3.21. The van der Waals surface area contributed by atoms with E-state index < -0.39 is 0 Å². The van der Waals surface area contributed by atoms with E-state index in [0.717, 1.165) is 43.7 Å². The monoisotopic (exact) mass is 519 g/mol. The number of hydrogen-bond acceptors (Lipinski definition) is 7. The number of aryl methyl sites for hydroxylation is 1. The Morgan fingerprint density at radius 2 is 1.92 bits per heavy atom. The maximum absolute atomic E-state index is 13.7. The van der Waals surface area contributed by atoms with Crippen LogP contribution in [0.2, 0.25) is 0 Å². The second-order valence-electron chi connectivity index (χ2n) is 10.4. The molecule has 1 N–H and O–H groups in total. The van der Waals surface area contributed by atoms with E-state index in [9.17, 15) is 9.59 Å². The van der Waals surface area contributed by atoms with E-state index in [-0.39, 0.29) is 36.0 Å². The average Bonchev–Trinajstić information content (AvgIpc) is 3.56. The zero-order chi connectivity index (χ0) is 26.8. The fraction of sp³-hybridized carbons (Fsp3) is 0.714. The Kier molecular flexibility index (Phi) is 11.5. The molecule has 0 aromatic heterocycles. The Balaban J connectivity index is 1.64. The highest BCUT2D eigenvalue weighted by molar-refractivity contribution is 5.95. The first-order chi connectivity index (χ1) is 17.8. The molecule has 0 unspecified atom stereocenters. The molecular weight excluding hydrogens is 474 g/mol. The first kappa shape index (κ1) is 29.2. The molecule has 0 aliphatic carbocycles. The lowest BCUT2D eigenvalue weighted by atomic mass is 9.94. The van der Waals surface area contributed by atoms with Crippen molar-refractivity contribution in [2.24, 2.45) is 11.8 Å². The summed E-state index contributed by atoms with van der Waals surface area (Å²) in [6.07, 6.45) is 1.91. The molecule has 9 nitrogen and oxygen atoms in total. The molecule has 0 radical (unpaired) electrons. The van der Waals surface area contributed by atoms with Gasteiger partial charge in [0.05, 0.1) is 19.8 Å². The Morgan fingerprint density at radius 1 is 1.16 bits per heavy atom. The number of hydrogen-bond donors (Lipinski definition) is 1. The first-order valence-corrected chi connectivity index (χ1v) is 13.6. The topological polar surface area (TPSA) is 89.6 Å². The van der Waals surface area contributed by atoms with Gasteiger partial charge in [-0.3, -0.25) is 4.79 Å². The summed E-state index contributed by atoms with van der Waals surface area (Å²) in [5.74, 6) is 1.23. The number of carbonyl (C=O) groups is 2. The van der Waals surface area contributed by atoms with Crippen molar-refractivity contribution in [1.82, 2.24) is 15.1 Å². The maximum atomic E-state index is 13.7. The van der Waals surface area contributed by atoms with Crippen LogP contribution in [-0.2, 0) is 20.6 Å². The Morgan fingerprint density at radius 3 is 2.57 bits per heavy atom. The van der Waals surface area contributed by atoms with E-state index in [1.807, 2.05) is 36.9 Å². The molecule has 37 heavy (non-hydrogen) atoms. The third kappa shape index (κ3) is 8.32. The van der Waals surface area contributed by atoms with Crippen molar-refractivity contribution in [2.75, 3.05) is 66.8 Å². The number of carbonyl (C=O) groups excluding carboxylic acids is 2. The molecule has 0 spiro atoms. The minimum absolute atomic E-state index is 0.000887. The second-order valence-corrected chi connectivity index (χ2v) is 10.4. The van der Waals surface area contributed by atoms with Crippen LogP contribution in [0.5, 0.6) is 5.75 Å². The number of rotatable bonds is 13. The number of nitrogens with one attached hydrogen (secondary N) is 1. The highest BCUT2D eigenvalue weighted by atomic mass is 16.6. The van der Waals surface area contributed by atoms with Crippen LogP contribution in [0.4, 0.5) is 4.79 Å². The van der Waals surface area contributed by atoms with E-state index in [2.05, 4.69) is 12.2 Å². The van der Waals surface area contributed by atoms with Crippen molar-refractivity contribution >= 4 is 12.0 Å². The number of amides is 2. The van der Waals surface area contributed by atoms with Gasteiger partial charge in [-0.15, -0.1) is 0 Å². The molecule has 2 heterocycles. The lowest BCUT2D eigenvalue weighted by molar-refractivity contribution is 0.0529. The standard InChI is InChI=1S/C28H45N3O6/c1-6-21-8-9-22(14-26(21)36-12-7-11-34-5)27(32)31(20(2)3)18-24-16-29-15-23(24)17-30(4)28(33)37-25-10-13-35-19-25/h8-9,14,20,23-25,29H,6-7,10-13,15-19H2,1-5H3/t23-,24-,25-/m0/s1. The molecule has 0 bridgehead atoms. The molecular formula is C28H45N3O6. The summed E-state index contributed by atoms with van der Waals surface area (Å²) in [6.45, 7) is 11.3. The van der Waals surface area contributed by atoms with Gasteiger partial charge in [0, 0.05) is 71.4 Å². The zero-order valence-corrected chi connectivity index (χ0v) is 23.2. The third-order valence-electron chi connectivity index (χ3n) is 7.22. The van der Waals surface area contributed by atoms with Gasteiger partial charge in [0.25, 0.3) is 5.91 Å². The van der Waals surface area contributed by atoms with Gasteiger partial charge in [0.15, 0.2) is 0 Å². The average molecular weight is 520 g/mol. The molecule has 3 atom stereocenters. The summed E-state index contributed by atoms with van der Waals surface area (Å²) in [5.41, 5.74) is 1.72. The minimum Gasteiger partial charge on any atom is -0.493 e. The molecule has 2 amide bonds. The van der Waals surface area contributed by atoms with Gasteiger partial charge < -0.3 is 34.1 Å². The van der Waals surface area contributed by atoms with Gasteiger partial charge in [0.2, 0.25) is 0 Å². The summed E-state index contributed by atoms with van der Waals surface area (Å²) >= 11 is 0. The summed E-state index contributed by atoms with van der Waals surface area (Å²) in [6, 6.07) is 5.81. The van der Waals surface area contributed by atoms with Gasteiger partial charge >= 0.3 is 6.09 Å². The van der Waals surface area contributed by atoms with Crippen LogP contribution in [0.25, 0.3) is 0 Å². The van der Waals surface area contributed by atoms with Crippen LogP contribution in [0.1, 0.15) is 49.5 Å². The molecule has 3 rings (SSSR count). The molecule has 208 valence electrons. The highest BCUT2D eigenvalue weighted by Crippen LogP contribution is 2.25. The first-order valence-electron chi connectivity index (χ1n) is 13.6. The van der Waals surface area contributed by atoms with E-state index in [1.165, 1.54) is 0 Å². The molecule has 0 saturated carbocycles. The third-order valence-corrected chi connectivity index (χ3v) is 7.22. The molecule has 1 aromatic rings. The number of methoxy groups -OCH3 is 1. The van der Waals surface area contributed by atoms with Gasteiger partial charge in [-0.25, -0.2) is 4.79 Å². The predicted molar refractivity (Wildman–Crippen MR) is 142 cm³/mol. The zero-order valence-electron chi connectivity index (χ0n) is 23.2. The van der Waals surface area contributed by atoms with Crippen molar-refractivity contribution in [3.63, 3.8) is 0 Å². The minimum atomic E-state index is -0.313. The van der Waals surface area contributed by atoms with E-state index >= 15 is 0 Å². The second kappa shape index (κ2) is 14.5. The summed E-state index contributed by atoms with van der Waals surface area (Å²) < 4.78 is 22.0. The highest BCUT2D eigenvalue weighted by Gasteiger charge is 2.34. The Bertz CT molecular complexity index is 873. The fourth-order valence-electron chi connectivity index (χ4n) is 4.93. The lowest BCUT2D eigenvalue weighted by Crippen LogP contribution is -2.44. The summed E-state index contributed by atoms with van der Waals surface area (Å²) in [4.78, 5) is 29.8. The normalized spacial score (nSPS) is 21.3. The van der Waals surface area contributed by atoms with Crippen molar-refractivity contribution < 1.29 is 28.5 Å². The molecule has 1 aromatic carbocycles. The molecule has 2 saturated heterocycles. The molecule has 2 aliphatic heterocycles. The van der Waals surface area contributed by atoms with Gasteiger partial charge in [-0.05, 0) is 49.8 Å². The summed E-state index contributed by atoms with van der Waals surface area (Å²) in [7, 11) is 3.46. The van der Waals surface area contributed by atoms with Crippen molar-refractivity contribution in [1.29, 1.82) is 0 Å². The van der Waals surface area contributed by atoms with Crippen LogP contribution in [0.15, 0.2) is 18.2 Å². The summed E-state index contributed by atoms with van der Waals surface area (Å²) in [5, 5.41) is 3.45. The van der Waals surface area contributed by atoms with E-state index in [0.29, 0.717) is 45.1 Å². The molecule has 2 fully saturated rings. The number of nitrogens with zero attached hydrogens (tertiary/aromatic N) is 2. The van der Waals surface area contributed by atoms with Crippen LogP contribution >= 0.6 is 0 Å². The lowest BCUT2D eigenvalue weighted by Gasteiger charge is -2.33. The fourth-order valence-corrected chi connectivity index (χ4v) is 4.93. The van der Waals surface area contributed by atoms with E-state index in [4.69, 9.17) is 18.9 Å². The maximum Gasteiger partial charge on any atom is 0.409 e. The number of benzene rings is 1. The number of ether oxygens (including phenoxy) is 4. The van der Waals surface area contributed by atoms with Crippen LogP contribution < -0.4 is 10.1 Å². The Labute approximate surface area is 221 Å². The largest absolute Gasteiger partial charge is 0.493 e. The van der Waals surface area contributed by atoms with Crippen LogP contribution in [0, 0.1) is 11.8 Å². The van der Waals surface area contributed by atoms with Crippen molar-refractivity contribution in [3.05, 3.63) is 29.3 Å². The van der Waals surface area contributed by atoms with Gasteiger partial charge in [0.1, 0.15) is 11.9 Å². The quantitative estimate of drug-likeness (QED) is 0.400. The Hall–Kier alpha value is -2.36. The van der Waals surface area contributed by atoms with Gasteiger partial charge in [-0.2, -0.15) is 0 Å². The van der Waals surface area contributed by atoms with Crippen molar-refractivity contribution in [3.8, 4) is 5.75 Å². The smallest absolute Gasteiger partial charge is 0.409 e. The van der Waals surface area contributed by atoms with E-state index in [1.54, 1.807) is 19.1 Å². The molecule has 9 heteroatoms. The molecule has 2 aliphatic rings. The van der Waals surface area contributed by atoms with Crippen LogP contribution in [0.3, 0.4) is 0 Å².